The van der Waals surface area contributed by atoms with Gasteiger partial charge in [0.25, 0.3) is 0 Å². The summed E-state index contributed by atoms with van der Waals surface area (Å²) >= 11 is 0. The normalized spacial score (nSPS) is 39.8. The van der Waals surface area contributed by atoms with Crippen LogP contribution in [0.4, 0.5) is 0 Å². The molecule has 0 amide bonds. The predicted molar refractivity (Wildman–Crippen MR) is 78.7 cm³/mol. The second-order valence-corrected chi connectivity index (χ2v) is 7.16. The van der Waals surface area contributed by atoms with Crippen molar-refractivity contribution in [3.63, 3.8) is 0 Å². The highest BCUT2D eigenvalue weighted by Gasteiger charge is 2.65. The van der Waals surface area contributed by atoms with E-state index in [2.05, 4.69) is 30.3 Å². The number of benzene rings is 1. The van der Waals surface area contributed by atoms with Crippen molar-refractivity contribution in [3.8, 4) is 0 Å². The quantitative estimate of drug-likeness (QED) is 0.799. The van der Waals surface area contributed by atoms with Gasteiger partial charge in [-0.15, -0.1) is 0 Å². The Hall–Kier alpha value is -0.820. The van der Waals surface area contributed by atoms with Crippen LogP contribution < -0.4 is 5.73 Å². The van der Waals surface area contributed by atoms with Gasteiger partial charge in [-0.2, -0.15) is 0 Å². The van der Waals surface area contributed by atoms with Crippen LogP contribution >= 0.6 is 0 Å². The number of hydrogen-bond donors (Lipinski definition) is 1. The van der Waals surface area contributed by atoms with E-state index in [9.17, 15) is 0 Å². The second-order valence-electron chi connectivity index (χ2n) is 7.16. The van der Waals surface area contributed by atoms with Gasteiger partial charge in [-0.3, -0.25) is 0 Å². The zero-order valence-electron chi connectivity index (χ0n) is 11.8. The molecule has 0 heterocycles. The fraction of sp³-hybridized carbons (Fsp3) is 0.667. The molecular formula is C18H25N. The average Bonchev–Trinajstić information content (AvgIpc) is 3.04. The third-order valence-electron chi connectivity index (χ3n) is 6.68. The monoisotopic (exact) mass is 255 g/mol. The number of fused-ring (bicyclic) bond motifs is 3. The van der Waals surface area contributed by atoms with Gasteiger partial charge in [-0.25, -0.2) is 0 Å². The van der Waals surface area contributed by atoms with E-state index < -0.39 is 0 Å². The van der Waals surface area contributed by atoms with Gasteiger partial charge in [0.2, 0.25) is 0 Å². The van der Waals surface area contributed by atoms with Gasteiger partial charge in [-0.05, 0) is 54.9 Å². The van der Waals surface area contributed by atoms with Gasteiger partial charge in [0, 0.05) is 5.54 Å². The maximum atomic E-state index is 7.18. The molecule has 3 fully saturated rings. The summed E-state index contributed by atoms with van der Waals surface area (Å²) in [7, 11) is 0. The van der Waals surface area contributed by atoms with Crippen LogP contribution in [0.3, 0.4) is 0 Å². The summed E-state index contributed by atoms with van der Waals surface area (Å²) in [5, 5.41) is 0. The van der Waals surface area contributed by atoms with Crippen molar-refractivity contribution in [1.29, 1.82) is 0 Å². The van der Waals surface area contributed by atoms with Crippen LogP contribution in [0.1, 0.15) is 56.9 Å². The molecule has 2 bridgehead atoms. The van der Waals surface area contributed by atoms with E-state index in [1.165, 1.54) is 56.9 Å². The lowest BCUT2D eigenvalue weighted by Crippen LogP contribution is -2.57. The highest BCUT2D eigenvalue weighted by molar-refractivity contribution is 5.33. The largest absolute Gasteiger partial charge is 0.321 e. The summed E-state index contributed by atoms with van der Waals surface area (Å²) in [5.74, 6) is 1.64. The second kappa shape index (κ2) is 4.09. The van der Waals surface area contributed by atoms with Crippen molar-refractivity contribution in [1.82, 2.24) is 0 Å². The van der Waals surface area contributed by atoms with E-state index in [1.807, 2.05) is 0 Å². The van der Waals surface area contributed by atoms with Crippen LogP contribution in [0.2, 0.25) is 0 Å². The number of nitrogens with two attached hydrogens (primary N) is 1. The third-order valence-corrected chi connectivity index (χ3v) is 6.68. The Morgan fingerprint density at radius 3 is 2.32 bits per heavy atom. The Morgan fingerprint density at radius 1 is 0.895 bits per heavy atom. The van der Waals surface area contributed by atoms with Gasteiger partial charge >= 0.3 is 0 Å². The minimum Gasteiger partial charge on any atom is -0.321 e. The van der Waals surface area contributed by atoms with Crippen LogP contribution in [-0.4, -0.2) is 0 Å². The molecule has 19 heavy (non-hydrogen) atoms. The maximum absolute atomic E-state index is 7.18. The Bertz CT molecular complexity index is 460. The first-order valence-corrected chi connectivity index (χ1v) is 8.12. The van der Waals surface area contributed by atoms with E-state index in [4.69, 9.17) is 5.73 Å². The van der Waals surface area contributed by atoms with E-state index in [0.29, 0.717) is 5.41 Å². The molecule has 0 saturated heterocycles. The topological polar surface area (TPSA) is 26.0 Å². The van der Waals surface area contributed by atoms with Gasteiger partial charge in [0.1, 0.15) is 0 Å². The predicted octanol–water partition coefficient (Wildman–Crippen LogP) is 4.22. The van der Waals surface area contributed by atoms with E-state index in [0.717, 1.165) is 11.8 Å². The van der Waals surface area contributed by atoms with Crippen LogP contribution in [-0.2, 0) is 5.54 Å². The lowest BCUT2D eigenvalue weighted by atomic mass is 9.53. The van der Waals surface area contributed by atoms with Crippen LogP contribution in [0.25, 0.3) is 0 Å². The lowest BCUT2D eigenvalue weighted by Gasteiger charge is -2.54. The Labute approximate surface area is 116 Å². The third kappa shape index (κ3) is 1.40. The van der Waals surface area contributed by atoms with Crippen molar-refractivity contribution >= 4 is 0 Å². The zero-order valence-corrected chi connectivity index (χ0v) is 11.8. The van der Waals surface area contributed by atoms with E-state index in [1.54, 1.807) is 0 Å². The van der Waals surface area contributed by atoms with Gasteiger partial charge in [0.15, 0.2) is 0 Å². The molecule has 1 aromatic rings. The molecule has 102 valence electrons. The minimum atomic E-state index is -0.0302. The molecular weight excluding hydrogens is 230 g/mol. The fourth-order valence-electron chi connectivity index (χ4n) is 5.88. The van der Waals surface area contributed by atoms with Gasteiger partial charge in [0.05, 0.1) is 0 Å². The molecule has 3 aliphatic carbocycles. The minimum absolute atomic E-state index is 0.0302. The Balaban J connectivity index is 1.84. The highest BCUT2D eigenvalue weighted by Crippen LogP contribution is 2.69. The standard InChI is InChI=1S/C18H25N/c19-18(14-7-3-1-4-8-14)16-10-9-15(13-16)17(18)11-5-2-6-12-17/h1,3-4,7-8,15-16H,2,5-6,9-13,19H2/t15-,16?,18-/m0/s1. The van der Waals surface area contributed by atoms with Crippen molar-refractivity contribution in [2.24, 2.45) is 23.0 Å². The SMILES string of the molecule is N[C@@]1(c2ccccc2)C2CC[C@@H](C2)C12CCCCC2. The molecule has 1 aromatic carbocycles. The zero-order chi connectivity index (χ0) is 12.9. The summed E-state index contributed by atoms with van der Waals surface area (Å²) in [4.78, 5) is 0. The van der Waals surface area contributed by atoms with E-state index in [-0.39, 0.29) is 5.54 Å². The summed E-state index contributed by atoms with van der Waals surface area (Å²) in [6, 6.07) is 11.0. The van der Waals surface area contributed by atoms with Gasteiger partial charge < -0.3 is 5.73 Å². The number of hydrogen-bond acceptors (Lipinski definition) is 1. The fourth-order valence-corrected chi connectivity index (χ4v) is 5.88. The van der Waals surface area contributed by atoms with Crippen molar-refractivity contribution in [3.05, 3.63) is 35.9 Å². The molecule has 3 saturated carbocycles. The molecule has 3 atom stereocenters. The molecule has 0 aromatic heterocycles. The smallest absolute Gasteiger partial charge is 0.0497 e. The Kier molecular flexibility index (Phi) is 2.57. The average molecular weight is 255 g/mol. The summed E-state index contributed by atoms with van der Waals surface area (Å²) < 4.78 is 0. The first kappa shape index (κ1) is 12.0. The van der Waals surface area contributed by atoms with Crippen molar-refractivity contribution in [2.45, 2.75) is 56.9 Å². The van der Waals surface area contributed by atoms with Crippen molar-refractivity contribution in [2.75, 3.05) is 0 Å². The van der Waals surface area contributed by atoms with E-state index >= 15 is 0 Å². The molecule has 0 aliphatic heterocycles. The van der Waals surface area contributed by atoms with Crippen molar-refractivity contribution < 1.29 is 0 Å². The summed E-state index contributed by atoms with van der Waals surface area (Å²) in [5.41, 5.74) is 8.99. The first-order valence-electron chi connectivity index (χ1n) is 8.12. The number of rotatable bonds is 1. The summed E-state index contributed by atoms with van der Waals surface area (Å²) in [6.07, 6.45) is 11.2. The highest BCUT2D eigenvalue weighted by atomic mass is 14.9. The maximum Gasteiger partial charge on any atom is 0.0497 e. The molecule has 3 aliphatic rings. The molecule has 4 rings (SSSR count). The van der Waals surface area contributed by atoms with Crippen LogP contribution in [0.15, 0.2) is 30.3 Å². The first-order chi connectivity index (χ1) is 9.27. The Morgan fingerprint density at radius 2 is 1.58 bits per heavy atom. The van der Waals surface area contributed by atoms with Crippen LogP contribution in [0, 0.1) is 17.3 Å². The van der Waals surface area contributed by atoms with Gasteiger partial charge in [-0.1, -0.05) is 49.6 Å². The molecule has 2 N–H and O–H groups in total. The lowest BCUT2D eigenvalue weighted by molar-refractivity contribution is 0.00619. The molecule has 1 spiro atoms. The summed E-state index contributed by atoms with van der Waals surface area (Å²) in [6.45, 7) is 0. The molecule has 1 nitrogen and oxygen atoms in total. The van der Waals surface area contributed by atoms with Crippen LogP contribution in [0.5, 0.6) is 0 Å². The molecule has 0 radical (unpaired) electrons. The molecule has 1 heteroatoms. The molecule has 1 unspecified atom stereocenters.